The van der Waals surface area contributed by atoms with Crippen molar-refractivity contribution in [2.75, 3.05) is 44.2 Å². The first-order valence-electron chi connectivity index (χ1n) is 12.4. The van der Waals surface area contributed by atoms with E-state index < -0.39 is 0 Å². The second-order valence-electron chi connectivity index (χ2n) is 9.20. The van der Waals surface area contributed by atoms with Crippen molar-refractivity contribution < 1.29 is 9.18 Å². The van der Waals surface area contributed by atoms with E-state index >= 15 is 0 Å². The number of halogens is 1. The van der Waals surface area contributed by atoms with E-state index in [4.69, 9.17) is 0 Å². The first-order chi connectivity index (χ1) is 17.6. The molecule has 1 N–H and O–H groups in total. The summed E-state index contributed by atoms with van der Waals surface area (Å²) in [4.78, 5) is 17.9. The highest BCUT2D eigenvalue weighted by Crippen LogP contribution is 2.27. The Balaban J connectivity index is 1.21. The first kappa shape index (κ1) is 23.9. The zero-order valence-corrected chi connectivity index (χ0v) is 20.5. The number of hydrogen-bond donors (Lipinski definition) is 1. The lowest BCUT2D eigenvalue weighted by molar-refractivity contribution is 0.0953. The third-order valence-corrected chi connectivity index (χ3v) is 6.69. The Labute approximate surface area is 210 Å². The lowest BCUT2D eigenvalue weighted by Crippen LogP contribution is -2.47. The van der Waals surface area contributed by atoms with Gasteiger partial charge in [0.25, 0.3) is 5.91 Å². The first-order valence-corrected chi connectivity index (χ1v) is 12.4. The van der Waals surface area contributed by atoms with Crippen LogP contribution in [0.15, 0.2) is 72.8 Å². The predicted molar refractivity (Wildman–Crippen MR) is 142 cm³/mol. The fourth-order valence-corrected chi connectivity index (χ4v) is 4.76. The van der Waals surface area contributed by atoms with Gasteiger partial charge in [0, 0.05) is 43.7 Å². The number of anilines is 1. The number of benzene rings is 3. The molecule has 1 aromatic heterocycles. The van der Waals surface area contributed by atoms with Crippen LogP contribution in [0.25, 0.3) is 22.2 Å². The Morgan fingerprint density at radius 1 is 0.944 bits per heavy atom. The van der Waals surface area contributed by atoms with Gasteiger partial charge in [0.2, 0.25) is 0 Å². The molecule has 184 valence electrons. The number of nitrogens with one attached hydrogen (secondary N) is 1. The lowest BCUT2D eigenvalue weighted by atomic mass is 10.00. The SMILES string of the molecule is Cc1ccc2nnc(-c3ccccc3)c(C(=O)NCCCN3CCN(c4ccccc4F)CC3)c2c1. The molecule has 1 aliphatic rings. The van der Waals surface area contributed by atoms with Crippen molar-refractivity contribution in [3.8, 4) is 11.3 Å². The molecule has 0 radical (unpaired) electrons. The minimum atomic E-state index is -0.170. The number of piperazine rings is 1. The van der Waals surface area contributed by atoms with E-state index in [0.717, 1.165) is 55.7 Å². The molecule has 7 heteroatoms. The average molecular weight is 484 g/mol. The Bertz CT molecular complexity index is 1350. The molecule has 5 rings (SSSR count). The standard InChI is InChI=1S/C29H30FN5O/c1-21-12-13-25-23(20-21)27(28(33-32-25)22-8-3-2-4-9-22)29(36)31-14-7-15-34-16-18-35(19-17-34)26-11-6-5-10-24(26)30/h2-6,8-13,20H,7,14-19H2,1H3,(H,31,36). The van der Waals surface area contributed by atoms with Crippen LogP contribution < -0.4 is 10.2 Å². The maximum atomic E-state index is 14.1. The molecule has 0 atom stereocenters. The highest BCUT2D eigenvalue weighted by atomic mass is 19.1. The zero-order valence-electron chi connectivity index (χ0n) is 20.5. The maximum absolute atomic E-state index is 14.1. The minimum Gasteiger partial charge on any atom is -0.367 e. The molecule has 4 aromatic rings. The summed E-state index contributed by atoms with van der Waals surface area (Å²) in [6.07, 6.45) is 0.835. The van der Waals surface area contributed by atoms with Crippen molar-refractivity contribution in [2.24, 2.45) is 0 Å². The van der Waals surface area contributed by atoms with Crippen LogP contribution in [0.5, 0.6) is 0 Å². The summed E-state index contributed by atoms with van der Waals surface area (Å²) in [5.74, 6) is -0.305. The number of amides is 1. The van der Waals surface area contributed by atoms with Crippen LogP contribution in [0.3, 0.4) is 0 Å². The third-order valence-electron chi connectivity index (χ3n) is 6.69. The van der Waals surface area contributed by atoms with E-state index in [1.165, 1.54) is 6.07 Å². The van der Waals surface area contributed by atoms with Crippen molar-refractivity contribution in [2.45, 2.75) is 13.3 Å². The molecule has 0 aliphatic carbocycles. The quantitative estimate of drug-likeness (QED) is 0.387. The van der Waals surface area contributed by atoms with Gasteiger partial charge in [-0.25, -0.2) is 4.39 Å². The molecular formula is C29H30FN5O. The Morgan fingerprint density at radius 3 is 2.47 bits per heavy atom. The number of carbonyl (C=O) groups excluding carboxylic acids is 1. The molecule has 1 fully saturated rings. The summed E-state index contributed by atoms with van der Waals surface area (Å²) in [6.45, 7) is 6.79. The van der Waals surface area contributed by atoms with E-state index in [2.05, 4.69) is 25.3 Å². The number of nitrogens with zero attached hydrogens (tertiary/aromatic N) is 4. The van der Waals surface area contributed by atoms with Gasteiger partial charge in [0.05, 0.1) is 16.8 Å². The van der Waals surface area contributed by atoms with E-state index in [9.17, 15) is 9.18 Å². The molecule has 0 saturated carbocycles. The average Bonchev–Trinajstić information content (AvgIpc) is 2.91. The number of aryl methyl sites for hydroxylation is 1. The zero-order chi connectivity index (χ0) is 24.9. The van der Waals surface area contributed by atoms with Crippen LogP contribution in [0.2, 0.25) is 0 Å². The number of carbonyl (C=O) groups is 1. The summed E-state index contributed by atoms with van der Waals surface area (Å²) in [7, 11) is 0. The number of aromatic nitrogens is 2. The minimum absolute atomic E-state index is 0.135. The molecular weight excluding hydrogens is 453 g/mol. The molecule has 1 aliphatic heterocycles. The van der Waals surface area contributed by atoms with E-state index in [0.29, 0.717) is 29.0 Å². The molecule has 36 heavy (non-hydrogen) atoms. The van der Waals surface area contributed by atoms with Crippen LogP contribution in [0.1, 0.15) is 22.3 Å². The lowest BCUT2D eigenvalue weighted by Gasteiger charge is -2.36. The van der Waals surface area contributed by atoms with E-state index in [1.807, 2.05) is 67.6 Å². The monoisotopic (exact) mass is 483 g/mol. The number of fused-ring (bicyclic) bond motifs is 1. The molecule has 0 spiro atoms. The summed E-state index contributed by atoms with van der Waals surface area (Å²) in [5, 5.41) is 12.7. The van der Waals surface area contributed by atoms with Crippen LogP contribution >= 0.6 is 0 Å². The summed E-state index contributed by atoms with van der Waals surface area (Å²) >= 11 is 0. The number of para-hydroxylation sites is 1. The molecule has 2 heterocycles. The highest BCUT2D eigenvalue weighted by molar-refractivity contribution is 6.10. The van der Waals surface area contributed by atoms with Gasteiger partial charge in [-0.1, -0.05) is 54.1 Å². The Hall–Kier alpha value is -3.84. The molecule has 3 aromatic carbocycles. The number of hydrogen-bond acceptors (Lipinski definition) is 5. The van der Waals surface area contributed by atoms with Crippen LogP contribution in [0.4, 0.5) is 10.1 Å². The summed E-state index contributed by atoms with van der Waals surface area (Å²) in [6, 6.07) is 22.5. The van der Waals surface area contributed by atoms with Crippen molar-refractivity contribution in [1.82, 2.24) is 20.4 Å². The Morgan fingerprint density at radius 2 is 1.69 bits per heavy atom. The van der Waals surface area contributed by atoms with Gasteiger partial charge in [-0.05, 0) is 44.2 Å². The van der Waals surface area contributed by atoms with Crippen LogP contribution in [0, 0.1) is 12.7 Å². The summed E-state index contributed by atoms with van der Waals surface area (Å²) < 4.78 is 14.1. The molecule has 1 amide bonds. The van der Waals surface area contributed by atoms with Crippen LogP contribution in [-0.2, 0) is 0 Å². The smallest absolute Gasteiger partial charge is 0.254 e. The van der Waals surface area contributed by atoms with Crippen LogP contribution in [-0.4, -0.2) is 60.3 Å². The normalized spacial score (nSPS) is 14.2. The largest absolute Gasteiger partial charge is 0.367 e. The maximum Gasteiger partial charge on any atom is 0.254 e. The van der Waals surface area contributed by atoms with Crippen molar-refractivity contribution in [3.05, 3.63) is 89.7 Å². The van der Waals surface area contributed by atoms with Gasteiger partial charge >= 0.3 is 0 Å². The second-order valence-corrected chi connectivity index (χ2v) is 9.20. The van der Waals surface area contributed by atoms with Gasteiger partial charge in [-0.15, -0.1) is 10.2 Å². The van der Waals surface area contributed by atoms with Gasteiger partial charge in [0.1, 0.15) is 11.5 Å². The van der Waals surface area contributed by atoms with Crippen molar-refractivity contribution >= 4 is 22.5 Å². The molecule has 1 saturated heterocycles. The summed E-state index contributed by atoms with van der Waals surface area (Å²) in [5.41, 5.74) is 4.47. The molecule has 6 nitrogen and oxygen atoms in total. The fourth-order valence-electron chi connectivity index (χ4n) is 4.76. The fraction of sp³-hybridized carbons (Fsp3) is 0.276. The topological polar surface area (TPSA) is 61.4 Å². The van der Waals surface area contributed by atoms with Gasteiger partial charge in [-0.3, -0.25) is 9.69 Å². The van der Waals surface area contributed by atoms with Gasteiger partial charge in [0.15, 0.2) is 0 Å². The van der Waals surface area contributed by atoms with Gasteiger partial charge in [-0.2, -0.15) is 0 Å². The Kier molecular flexibility index (Phi) is 7.18. The van der Waals surface area contributed by atoms with Crippen molar-refractivity contribution in [3.63, 3.8) is 0 Å². The van der Waals surface area contributed by atoms with E-state index in [-0.39, 0.29) is 11.7 Å². The second kappa shape index (κ2) is 10.8. The number of rotatable bonds is 7. The van der Waals surface area contributed by atoms with E-state index in [1.54, 1.807) is 6.07 Å². The van der Waals surface area contributed by atoms with Gasteiger partial charge < -0.3 is 10.2 Å². The molecule has 0 bridgehead atoms. The van der Waals surface area contributed by atoms with Crippen molar-refractivity contribution in [1.29, 1.82) is 0 Å². The third kappa shape index (κ3) is 5.21. The predicted octanol–water partition coefficient (Wildman–Crippen LogP) is 4.69. The molecule has 0 unspecified atom stereocenters. The highest BCUT2D eigenvalue weighted by Gasteiger charge is 2.21.